The number of aromatic nitrogens is 3. The van der Waals surface area contributed by atoms with Crippen molar-refractivity contribution in [3.63, 3.8) is 0 Å². The van der Waals surface area contributed by atoms with Crippen LogP contribution in [0, 0.1) is 0 Å². The summed E-state index contributed by atoms with van der Waals surface area (Å²) in [6.45, 7) is 5.11. The summed E-state index contributed by atoms with van der Waals surface area (Å²) in [5.41, 5.74) is 1.17. The lowest BCUT2D eigenvalue weighted by atomic mass is 10.3. The summed E-state index contributed by atoms with van der Waals surface area (Å²) in [6, 6.07) is 0.262. The molecule has 2 rings (SSSR count). The minimum Gasteiger partial charge on any atom is -0.348 e. The number of thiazole rings is 1. The van der Waals surface area contributed by atoms with Gasteiger partial charge in [-0.15, -0.1) is 11.3 Å². The minimum atomic E-state index is 0.262. The van der Waals surface area contributed by atoms with Crippen LogP contribution in [0.2, 0.25) is 0 Å². The van der Waals surface area contributed by atoms with Crippen molar-refractivity contribution in [2.75, 3.05) is 19.0 Å². The van der Waals surface area contributed by atoms with Gasteiger partial charge in [0.15, 0.2) is 0 Å². The number of aryl methyl sites for hydroxylation is 1. The van der Waals surface area contributed by atoms with E-state index in [2.05, 4.69) is 33.7 Å². The van der Waals surface area contributed by atoms with E-state index in [1.54, 1.807) is 11.3 Å². The molecule has 1 atom stereocenters. The maximum absolute atomic E-state index is 4.48. The van der Waals surface area contributed by atoms with Crippen LogP contribution in [0.25, 0.3) is 0 Å². The molecule has 0 saturated heterocycles. The lowest BCUT2D eigenvalue weighted by molar-refractivity contribution is 0.555. The van der Waals surface area contributed by atoms with Gasteiger partial charge in [-0.3, -0.25) is 0 Å². The Kier molecular flexibility index (Phi) is 4.77. The van der Waals surface area contributed by atoms with Gasteiger partial charge in [0.2, 0.25) is 5.95 Å². The van der Waals surface area contributed by atoms with Crippen LogP contribution >= 0.6 is 11.3 Å². The molecule has 110 valence electrons. The Balaban J connectivity index is 1.98. The first-order valence-corrected chi connectivity index (χ1v) is 7.70. The third-order valence-electron chi connectivity index (χ3n) is 3.34. The van der Waals surface area contributed by atoms with Crippen LogP contribution in [0.1, 0.15) is 35.5 Å². The number of hydrogen-bond donors (Lipinski definition) is 1. The van der Waals surface area contributed by atoms with E-state index >= 15 is 0 Å². The van der Waals surface area contributed by atoms with E-state index < -0.39 is 0 Å². The number of nitrogens with one attached hydrogen (secondary N) is 1. The molecule has 0 aliphatic carbocycles. The van der Waals surface area contributed by atoms with Gasteiger partial charge in [0.25, 0.3) is 0 Å². The predicted octanol–water partition coefficient (Wildman–Crippen LogP) is 2.36. The van der Waals surface area contributed by atoms with E-state index in [4.69, 9.17) is 0 Å². The van der Waals surface area contributed by atoms with Crippen LogP contribution in [0.5, 0.6) is 0 Å². The summed E-state index contributed by atoms with van der Waals surface area (Å²) in [7, 11) is 6.05. The van der Waals surface area contributed by atoms with Crippen molar-refractivity contribution in [2.45, 2.75) is 32.9 Å². The second kappa shape index (κ2) is 6.37. The van der Waals surface area contributed by atoms with Crippen molar-refractivity contribution in [3.8, 4) is 0 Å². The van der Waals surface area contributed by atoms with Gasteiger partial charge >= 0.3 is 0 Å². The number of rotatable bonds is 6. The molecule has 1 N–H and O–H groups in total. The lowest BCUT2D eigenvalue weighted by Gasteiger charge is -2.14. The minimum absolute atomic E-state index is 0.262. The Hall–Kier alpha value is -1.40. The van der Waals surface area contributed by atoms with Crippen molar-refractivity contribution >= 4 is 17.3 Å². The van der Waals surface area contributed by atoms with Gasteiger partial charge in [0, 0.05) is 38.8 Å². The average molecular weight is 293 g/mol. The molecule has 0 radical (unpaired) electrons. The largest absolute Gasteiger partial charge is 0.348 e. The Morgan fingerprint density at radius 3 is 2.65 bits per heavy atom. The van der Waals surface area contributed by atoms with Gasteiger partial charge in [-0.05, 0) is 13.3 Å². The fraction of sp³-hybridized carbons (Fsp3) is 0.571. The van der Waals surface area contributed by atoms with E-state index in [0.717, 1.165) is 23.9 Å². The summed E-state index contributed by atoms with van der Waals surface area (Å²) in [6.07, 6.45) is 4.96. The van der Waals surface area contributed by atoms with E-state index in [9.17, 15) is 0 Å². The SMILES string of the molecule is CCc1cnc(C(C)NCc2cnc(N(C)C)n2C)s1. The highest BCUT2D eigenvalue weighted by molar-refractivity contribution is 7.11. The van der Waals surface area contributed by atoms with Crippen molar-refractivity contribution in [3.05, 3.63) is 28.0 Å². The highest BCUT2D eigenvalue weighted by Gasteiger charge is 2.12. The Bertz CT molecular complexity index is 558. The first-order valence-electron chi connectivity index (χ1n) is 6.88. The number of nitrogens with zero attached hydrogens (tertiary/aromatic N) is 4. The molecule has 5 nitrogen and oxygen atoms in total. The summed E-state index contributed by atoms with van der Waals surface area (Å²) < 4.78 is 2.11. The quantitative estimate of drug-likeness (QED) is 0.888. The standard InChI is InChI=1S/C14H23N5S/c1-6-12-9-16-13(20-12)10(2)15-7-11-8-17-14(18(3)4)19(11)5/h8-10,15H,6-7H2,1-5H3. The highest BCUT2D eigenvalue weighted by atomic mass is 32.1. The zero-order chi connectivity index (χ0) is 14.7. The number of anilines is 1. The molecule has 0 aliphatic heterocycles. The first kappa shape index (κ1) is 15.0. The molecule has 0 fully saturated rings. The fourth-order valence-corrected chi connectivity index (χ4v) is 2.93. The van der Waals surface area contributed by atoms with Gasteiger partial charge in [-0.1, -0.05) is 6.92 Å². The summed E-state index contributed by atoms with van der Waals surface area (Å²) in [5.74, 6) is 0.969. The van der Waals surface area contributed by atoms with E-state index in [1.807, 2.05) is 38.4 Å². The summed E-state index contributed by atoms with van der Waals surface area (Å²) in [4.78, 5) is 12.3. The van der Waals surface area contributed by atoms with Crippen LogP contribution < -0.4 is 10.2 Å². The molecule has 0 amide bonds. The summed E-state index contributed by atoms with van der Waals surface area (Å²) >= 11 is 1.79. The first-order chi connectivity index (χ1) is 9.52. The van der Waals surface area contributed by atoms with Gasteiger partial charge in [0.1, 0.15) is 5.01 Å². The maximum atomic E-state index is 4.48. The monoisotopic (exact) mass is 293 g/mol. The fourth-order valence-electron chi connectivity index (χ4n) is 2.04. The molecule has 20 heavy (non-hydrogen) atoms. The second-order valence-corrected chi connectivity index (χ2v) is 6.27. The van der Waals surface area contributed by atoms with Gasteiger partial charge in [-0.25, -0.2) is 9.97 Å². The molecule has 0 saturated carbocycles. The molecule has 0 aliphatic rings. The molecular weight excluding hydrogens is 270 g/mol. The highest BCUT2D eigenvalue weighted by Crippen LogP contribution is 2.21. The zero-order valence-corrected chi connectivity index (χ0v) is 13.7. The van der Waals surface area contributed by atoms with E-state index in [0.29, 0.717) is 0 Å². The molecule has 2 aromatic heterocycles. The van der Waals surface area contributed by atoms with E-state index in [-0.39, 0.29) is 6.04 Å². The van der Waals surface area contributed by atoms with Crippen molar-refractivity contribution in [1.82, 2.24) is 19.9 Å². The predicted molar refractivity (Wildman–Crippen MR) is 84.3 cm³/mol. The number of hydrogen-bond acceptors (Lipinski definition) is 5. The Labute approximate surface area is 124 Å². The topological polar surface area (TPSA) is 46.0 Å². The zero-order valence-electron chi connectivity index (χ0n) is 12.8. The third-order valence-corrected chi connectivity index (χ3v) is 4.66. The second-order valence-electron chi connectivity index (χ2n) is 5.12. The van der Waals surface area contributed by atoms with Crippen molar-refractivity contribution in [2.24, 2.45) is 7.05 Å². The molecule has 2 aromatic rings. The van der Waals surface area contributed by atoms with Crippen LogP contribution in [0.4, 0.5) is 5.95 Å². The van der Waals surface area contributed by atoms with Crippen molar-refractivity contribution in [1.29, 1.82) is 0 Å². The van der Waals surface area contributed by atoms with Crippen LogP contribution in [-0.4, -0.2) is 28.6 Å². The lowest BCUT2D eigenvalue weighted by Crippen LogP contribution is -2.20. The smallest absolute Gasteiger partial charge is 0.204 e. The summed E-state index contributed by atoms with van der Waals surface area (Å²) in [5, 5.41) is 4.66. The molecule has 0 bridgehead atoms. The normalized spacial score (nSPS) is 12.7. The average Bonchev–Trinajstić information content (AvgIpc) is 3.02. The van der Waals surface area contributed by atoms with Gasteiger partial charge in [0.05, 0.1) is 17.9 Å². The Morgan fingerprint density at radius 2 is 2.10 bits per heavy atom. The molecular formula is C14H23N5S. The van der Waals surface area contributed by atoms with Crippen LogP contribution in [0.15, 0.2) is 12.4 Å². The van der Waals surface area contributed by atoms with Gasteiger partial charge < -0.3 is 14.8 Å². The maximum Gasteiger partial charge on any atom is 0.204 e. The van der Waals surface area contributed by atoms with Crippen LogP contribution in [-0.2, 0) is 20.0 Å². The molecule has 2 heterocycles. The van der Waals surface area contributed by atoms with Gasteiger partial charge in [-0.2, -0.15) is 0 Å². The molecule has 0 spiro atoms. The molecule has 6 heteroatoms. The Morgan fingerprint density at radius 1 is 1.35 bits per heavy atom. The van der Waals surface area contributed by atoms with Crippen LogP contribution in [0.3, 0.4) is 0 Å². The van der Waals surface area contributed by atoms with E-state index in [1.165, 1.54) is 10.6 Å². The van der Waals surface area contributed by atoms with Crippen molar-refractivity contribution < 1.29 is 0 Å². The third kappa shape index (κ3) is 3.19. The molecule has 0 aromatic carbocycles. The number of imidazole rings is 1. The molecule has 1 unspecified atom stereocenters.